The highest BCUT2D eigenvalue weighted by molar-refractivity contribution is 5.94. The number of carbonyl (C=O) groups is 1. The number of nitrogens with one attached hydrogen (secondary N) is 2. The first-order valence-electron chi connectivity index (χ1n) is 13.2. The van der Waals surface area contributed by atoms with Crippen molar-refractivity contribution in [1.82, 2.24) is 15.2 Å². The average Bonchev–Trinajstić information content (AvgIpc) is 2.93. The zero-order valence-electron chi connectivity index (χ0n) is 22.6. The molecule has 3 aromatic rings. The van der Waals surface area contributed by atoms with E-state index in [2.05, 4.69) is 27.8 Å². The summed E-state index contributed by atoms with van der Waals surface area (Å²) in [4.78, 5) is 19.5. The molecule has 2 aromatic carbocycles. The van der Waals surface area contributed by atoms with Gasteiger partial charge in [0.05, 0.1) is 17.1 Å². The van der Waals surface area contributed by atoms with Gasteiger partial charge in [-0.25, -0.2) is 13.2 Å². The zero-order chi connectivity index (χ0) is 26.8. The van der Waals surface area contributed by atoms with Crippen molar-refractivity contribution in [2.24, 2.45) is 5.92 Å². The number of hydrogen-bond acceptors (Lipinski definition) is 4. The normalized spacial score (nSPS) is 16.6. The molecule has 10 heteroatoms. The third kappa shape index (κ3) is 6.73. The maximum atomic E-state index is 14.8. The zero-order valence-corrected chi connectivity index (χ0v) is 24.2. The Kier molecular flexibility index (Phi) is 10.9. The predicted octanol–water partition coefficient (Wildman–Crippen LogP) is 7.25. The minimum absolute atomic E-state index is 0. The van der Waals surface area contributed by atoms with Crippen molar-refractivity contribution in [2.75, 3.05) is 31.5 Å². The van der Waals surface area contributed by atoms with Gasteiger partial charge < -0.3 is 15.5 Å². The number of piperidine rings is 1. The van der Waals surface area contributed by atoms with Crippen molar-refractivity contribution < 1.29 is 18.0 Å². The fourth-order valence-corrected chi connectivity index (χ4v) is 5.52. The van der Waals surface area contributed by atoms with E-state index in [0.717, 1.165) is 66.3 Å². The van der Waals surface area contributed by atoms with Crippen LogP contribution in [0.5, 0.6) is 0 Å². The molecule has 40 heavy (non-hydrogen) atoms. The lowest BCUT2D eigenvalue weighted by molar-refractivity contribution is -0.135. The van der Waals surface area contributed by atoms with Crippen LogP contribution in [0.25, 0.3) is 16.5 Å². The summed E-state index contributed by atoms with van der Waals surface area (Å²) in [6.07, 6.45) is 1.82. The van der Waals surface area contributed by atoms with E-state index in [-0.39, 0.29) is 42.2 Å². The van der Waals surface area contributed by atoms with Crippen LogP contribution in [0.1, 0.15) is 61.0 Å². The molecule has 216 valence electrons. The molecule has 0 saturated carbocycles. The van der Waals surface area contributed by atoms with Crippen LogP contribution in [0.15, 0.2) is 48.5 Å². The Balaban J connectivity index is 0.00000220. The third-order valence-corrected chi connectivity index (χ3v) is 7.65. The van der Waals surface area contributed by atoms with E-state index >= 15 is 0 Å². The second-order valence-electron chi connectivity index (χ2n) is 10.2. The molecule has 5 rings (SSSR count). The van der Waals surface area contributed by atoms with Crippen LogP contribution in [0.4, 0.5) is 18.9 Å². The van der Waals surface area contributed by atoms with Gasteiger partial charge in [0.25, 0.3) is 6.43 Å². The number of pyridine rings is 1. The molecule has 1 atom stereocenters. The van der Waals surface area contributed by atoms with E-state index in [4.69, 9.17) is 0 Å². The number of anilines is 1. The van der Waals surface area contributed by atoms with E-state index in [0.29, 0.717) is 13.1 Å². The Morgan fingerprint density at radius 2 is 1.82 bits per heavy atom. The largest absolute Gasteiger partial charge is 0.378 e. The lowest BCUT2D eigenvalue weighted by Gasteiger charge is -2.32. The fourth-order valence-electron chi connectivity index (χ4n) is 5.52. The average molecular weight is 596 g/mol. The van der Waals surface area contributed by atoms with Crippen LogP contribution in [0.3, 0.4) is 0 Å². The molecule has 2 aliphatic heterocycles. The van der Waals surface area contributed by atoms with E-state index in [1.165, 1.54) is 17.7 Å². The molecule has 0 spiro atoms. The van der Waals surface area contributed by atoms with Gasteiger partial charge in [0.15, 0.2) is 0 Å². The summed E-state index contributed by atoms with van der Waals surface area (Å²) in [5, 5.41) is 7.52. The van der Waals surface area contributed by atoms with E-state index in [1.807, 2.05) is 30.0 Å². The number of carbonyl (C=O) groups excluding carboxylic acids is 1. The molecule has 5 nitrogen and oxygen atoms in total. The molecule has 1 amide bonds. The number of fused-ring (bicyclic) bond motifs is 1. The van der Waals surface area contributed by atoms with Crippen molar-refractivity contribution in [3.8, 4) is 0 Å². The first kappa shape index (κ1) is 31.7. The number of alkyl halides is 2. The van der Waals surface area contributed by atoms with Crippen molar-refractivity contribution in [3.05, 3.63) is 76.7 Å². The summed E-state index contributed by atoms with van der Waals surface area (Å²) in [7, 11) is 0. The van der Waals surface area contributed by atoms with Gasteiger partial charge in [-0.3, -0.25) is 9.78 Å². The van der Waals surface area contributed by atoms with Crippen LogP contribution < -0.4 is 10.6 Å². The number of amides is 1. The third-order valence-electron chi connectivity index (χ3n) is 7.65. The molecule has 0 bridgehead atoms. The van der Waals surface area contributed by atoms with Crippen molar-refractivity contribution in [1.29, 1.82) is 0 Å². The molecule has 1 aromatic heterocycles. The van der Waals surface area contributed by atoms with Gasteiger partial charge in [-0.15, -0.1) is 24.8 Å². The molecule has 0 unspecified atom stereocenters. The summed E-state index contributed by atoms with van der Waals surface area (Å²) >= 11 is 0. The Morgan fingerprint density at radius 1 is 1.10 bits per heavy atom. The maximum Gasteiger partial charge on any atom is 0.266 e. The standard InChI is InChI=1S/C30H33F3N4O.2ClH/c1-18-16-27(36-19(2)23-4-3-5-24(28(23)31)29(32)33)25-17-22(6-7-26(25)35-18)20-10-14-37(15-11-20)30(38)21-8-12-34-13-9-21;;/h3-7,10,16-17,19,21,29,34H,8-9,11-15H2,1-2H3,(H,35,36);2*1H/t19-;;/m1../s1. The van der Waals surface area contributed by atoms with Crippen LogP contribution in [-0.4, -0.2) is 42.0 Å². The molecule has 3 heterocycles. The number of halogens is 5. The van der Waals surface area contributed by atoms with Gasteiger partial charge in [0, 0.05) is 41.3 Å². The molecule has 1 fully saturated rings. The molecule has 0 radical (unpaired) electrons. The molecular weight excluding hydrogens is 560 g/mol. The maximum absolute atomic E-state index is 14.8. The highest BCUT2D eigenvalue weighted by Crippen LogP contribution is 2.33. The lowest BCUT2D eigenvalue weighted by atomic mass is 9.94. The van der Waals surface area contributed by atoms with Gasteiger partial charge in [0.2, 0.25) is 5.91 Å². The van der Waals surface area contributed by atoms with Gasteiger partial charge >= 0.3 is 0 Å². The Labute approximate surface area is 245 Å². The first-order valence-corrected chi connectivity index (χ1v) is 13.2. The van der Waals surface area contributed by atoms with Gasteiger partial charge in [-0.1, -0.05) is 30.3 Å². The second-order valence-corrected chi connectivity index (χ2v) is 10.2. The second kappa shape index (κ2) is 13.7. The molecule has 1 saturated heterocycles. The fraction of sp³-hybridized carbons (Fsp3) is 0.400. The van der Waals surface area contributed by atoms with Gasteiger partial charge in [-0.05, 0) is 75.5 Å². The Hall–Kier alpha value is -2.81. The molecule has 0 aliphatic carbocycles. The number of hydrogen-bond donors (Lipinski definition) is 2. The number of aryl methyl sites for hydroxylation is 1. The Morgan fingerprint density at radius 3 is 2.50 bits per heavy atom. The molecular formula is C30H35Cl2F3N4O. The minimum atomic E-state index is -2.87. The monoisotopic (exact) mass is 594 g/mol. The first-order chi connectivity index (χ1) is 18.3. The van der Waals surface area contributed by atoms with E-state index < -0.39 is 23.8 Å². The smallest absolute Gasteiger partial charge is 0.266 e. The SMILES string of the molecule is Cc1cc(N[C@H](C)c2cccc(C(F)F)c2F)c2cc(C3=CCN(C(=O)C4CCNCC4)CC3)ccc2n1.Cl.Cl. The van der Waals surface area contributed by atoms with Crippen LogP contribution in [0, 0.1) is 18.7 Å². The van der Waals surface area contributed by atoms with E-state index in [1.54, 1.807) is 6.92 Å². The summed E-state index contributed by atoms with van der Waals surface area (Å²) in [6.45, 7) is 6.74. The van der Waals surface area contributed by atoms with Gasteiger partial charge in [0.1, 0.15) is 5.82 Å². The van der Waals surface area contributed by atoms with Gasteiger partial charge in [-0.2, -0.15) is 0 Å². The van der Waals surface area contributed by atoms with E-state index in [9.17, 15) is 18.0 Å². The van der Waals surface area contributed by atoms with Crippen LogP contribution in [-0.2, 0) is 4.79 Å². The summed E-state index contributed by atoms with van der Waals surface area (Å²) in [5.74, 6) is -0.513. The van der Waals surface area contributed by atoms with Crippen molar-refractivity contribution in [2.45, 2.75) is 45.6 Å². The Bertz CT molecular complexity index is 1380. The summed E-state index contributed by atoms with van der Waals surface area (Å²) in [6, 6.07) is 11.6. The molecule has 2 N–H and O–H groups in total. The number of rotatable bonds is 6. The topological polar surface area (TPSA) is 57.3 Å². The van der Waals surface area contributed by atoms with Crippen LogP contribution in [0.2, 0.25) is 0 Å². The quantitative estimate of drug-likeness (QED) is 0.315. The highest BCUT2D eigenvalue weighted by atomic mass is 35.5. The minimum Gasteiger partial charge on any atom is -0.378 e. The summed E-state index contributed by atoms with van der Waals surface area (Å²) in [5.41, 5.74) is 4.19. The highest BCUT2D eigenvalue weighted by Gasteiger charge is 2.27. The number of benzene rings is 2. The molecule has 2 aliphatic rings. The number of aromatic nitrogens is 1. The predicted molar refractivity (Wildman–Crippen MR) is 159 cm³/mol. The lowest BCUT2D eigenvalue weighted by Crippen LogP contribution is -2.42. The summed E-state index contributed by atoms with van der Waals surface area (Å²) < 4.78 is 41.3. The number of nitrogens with zero attached hydrogens (tertiary/aromatic N) is 2. The van der Waals surface area contributed by atoms with Crippen molar-refractivity contribution in [3.63, 3.8) is 0 Å². The van der Waals surface area contributed by atoms with Crippen molar-refractivity contribution >= 4 is 52.9 Å². The van der Waals surface area contributed by atoms with Crippen LogP contribution >= 0.6 is 24.8 Å².